The van der Waals surface area contributed by atoms with Crippen LogP contribution in [0.3, 0.4) is 0 Å². The molecule has 3 nitrogen and oxygen atoms in total. The van der Waals surface area contributed by atoms with Crippen LogP contribution < -0.4 is 5.32 Å². The summed E-state index contributed by atoms with van der Waals surface area (Å²) in [6.07, 6.45) is 0.691. The van der Waals surface area contributed by atoms with Crippen LogP contribution in [0, 0.1) is 0 Å². The predicted molar refractivity (Wildman–Crippen MR) is 73.1 cm³/mol. The van der Waals surface area contributed by atoms with Crippen molar-refractivity contribution in [3.05, 3.63) is 33.3 Å². The van der Waals surface area contributed by atoms with Gasteiger partial charge in [0.2, 0.25) is 0 Å². The van der Waals surface area contributed by atoms with E-state index in [4.69, 9.17) is 11.6 Å². The molecular weight excluding hydrogens is 326 g/mol. The van der Waals surface area contributed by atoms with Crippen LogP contribution in [0.15, 0.2) is 22.7 Å². The molecule has 1 aromatic carbocycles. The van der Waals surface area contributed by atoms with E-state index in [0.29, 0.717) is 23.7 Å². The summed E-state index contributed by atoms with van der Waals surface area (Å²) in [4.78, 5) is 0. The number of nitrogens with one attached hydrogen (secondary N) is 1. The molecule has 2 rings (SSSR count). The standard InChI is InChI=1S/C11H13BrClNO2S/c12-9-2-1-8(11(13)5-9)6-14-10-3-4-17(15,16)7-10/h1-2,5,10,14H,3-4,6-7H2. The Morgan fingerprint density at radius 3 is 2.82 bits per heavy atom. The summed E-state index contributed by atoms with van der Waals surface area (Å²) >= 11 is 9.43. The lowest BCUT2D eigenvalue weighted by Gasteiger charge is -2.11. The average Bonchev–Trinajstić information content (AvgIpc) is 2.57. The van der Waals surface area contributed by atoms with Crippen molar-refractivity contribution < 1.29 is 8.42 Å². The SMILES string of the molecule is O=S1(=O)CCC(NCc2ccc(Br)cc2Cl)C1. The Morgan fingerprint density at radius 1 is 1.47 bits per heavy atom. The zero-order valence-electron chi connectivity index (χ0n) is 9.12. The number of rotatable bonds is 3. The van der Waals surface area contributed by atoms with Gasteiger partial charge in [0.05, 0.1) is 11.5 Å². The van der Waals surface area contributed by atoms with E-state index in [2.05, 4.69) is 21.2 Å². The molecule has 1 N–H and O–H groups in total. The lowest BCUT2D eigenvalue weighted by Crippen LogP contribution is -2.29. The van der Waals surface area contributed by atoms with Crippen LogP contribution in [0.25, 0.3) is 0 Å². The van der Waals surface area contributed by atoms with E-state index in [9.17, 15) is 8.42 Å². The number of hydrogen-bond acceptors (Lipinski definition) is 3. The molecule has 0 bridgehead atoms. The molecule has 1 aliphatic rings. The zero-order valence-corrected chi connectivity index (χ0v) is 12.3. The van der Waals surface area contributed by atoms with Crippen molar-refractivity contribution in [1.82, 2.24) is 5.32 Å². The molecular formula is C11H13BrClNO2S. The highest BCUT2D eigenvalue weighted by atomic mass is 79.9. The largest absolute Gasteiger partial charge is 0.309 e. The van der Waals surface area contributed by atoms with E-state index in [1.807, 2.05) is 18.2 Å². The van der Waals surface area contributed by atoms with Crippen molar-refractivity contribution in [3.8, 4) is 0 Å². The van der Waals surface area contributed by atoms with Gasteiger partial charge in [0.25, 0.3) is 0 Å². The Balaban J connectivity index is 1.95. The summed E-state index contributed by atoms with van der Waals surface area (Å²) in [6, 6.07) is 5.75. The number of hydrogen-bond donors (Lipinski definition) is 1. The van der Waals surface area contributed by atoms with Gasteiger partial charge in [-0.3, -0.25) is 0 Å². The Kier molecular flexibility index (Phi) is 4.13. The van der Waals surface area contributed by atoms with Gasteiger partial charge in [-0.1, -0.05) is 33.6 Å². The van der Waals surface area contributed by atoms with Crippen LogP contribution in [0.4, 0.5) is 0 Å². The van der Waals surface area contributed by atoms with Gasteiger partial charge < -0.3 is 5.32 Å². The molecule has 0 aliphatic carbocycles. The fraction of sp³-hybridized carbons (Fsp3) is 0.455. The monoisotopic (exact) mass is 337 g/mol. The number of benzene rings is 1. The summed E-state index contributed by atoms with van der Waals surface area (Å²) < 4.78 is 23.5. The second-order valence-electron chi connectivity index (χ2n) is 4.22. The maximum absolute atomic E-state index is 11.3. The summed E-state index contributed by atoms with van der Waals surface area (Å²) in [6.45, 7) is 0.603. The van der Waals surface area contributed by atoms with Crippen LogP contribution in [0.1, 0.15) is 12.0 Å². The first-order valence-corrected chi connectivity index (χ1v) is 8.33. The van der Waals surface area contributed by atoms with Gasteiger partial charge >= 0.3 is 0 Å². The molecule has 0 saturated carbocycles. The van der Waals surface area contributed by atoms with Gasteiger partial charge in [-0.2, -0.15) is 0 Å². The van der Waals surface area contributed by atoms with Crippen LogP contribution in [-0.2, 0) is 16.4 Å². The zero-order chi connectivity index (χ0) is 12.5. The summed E-state index contributed by atoms with van der Waals surface area (Å²) in [5.74, 6) is 0.528. The predicted octanol–water partition coefficient (Wildman–Crippen LogP) is 2.38. The molecule has 17 heavy (non-hydrogen) atoms. The first kappa shape index (κ1) is 13.3. The molecule has 1 aliphatic heterocycles. The Bertz CT molecular complexity index is 518. The minimum atomic E-state index is -2.82. The van der Waals surface area contributed by atoms with Crippen molar-refractivity contribution in [1.29, 1.82) is 0 Å². The van der Waals surface area contributed by atoms with Crippen LogP contribution in [0.5, 0.6) is 0 Å². The third-order valence-electron chi connectivity index (χ3n) is 2.83. The third-order valence-corrected chi connectivity index (χ3v) is 5.44. The fourth-order valence-electron chi connectivity index (χ4n) is 1.88. The smallest absolute Gasteiger partial charge is 0.151 e. The van der Waals surface area contributed by atoms with Crippen molar-refractivity contribution in [3.63, 3.8) is 0 Å². The maximum Gasteiger partial charge on any atom is 0.151 e. The lowest BCUT2D eigenvalue weighted by molar-refractivity contribution is 0.554. The van der Waals surface area contributed by atoms with E-state index < -0.39 is 9.84 Å². The highest BCUT2D eigenvalue weighted by Gasteiger charge is 2.27. The molecule has 1 heterocycles. The van der Waals surface area contributed by atoms with Crippen molar-refractivity contribution in [2.45, 2.75) is 19.0 Å². The second kappa shape index (κ2) is 5.26. The number of sulfone groups is 1. The van der Waals surface area contributed by atoms with Gasteiger partial charge in [0.15, 0.2) is 9.84 Å². The topological polar surface area (TPSA) is 46.2 Å². The van der Waals surface area contributed by atoms with Gasteiger partial charge in [-0.25, -0.2) is 8.42 Å². The summed E-state index contributed by atoms with van der Waals surface area (Å²) in [5, 5.41) is 3.92. The quantitative estimate of drug-likeness (QED) is 0.920. The summed E-state index contributed by atoms with van der Waals surface area (Å²) in [5.41, 5.74) is 0.985. The van der Waals surface area contributed by atoms with E-state index in [-0.39, 0.29) is 11.8 Å². The molecule has 0 radical (unpaired) electrons. The second-order valence-corrected chi connectivity index (χ2v) is 7.77. The van der Waals surface area contributed by atoms with Gasteiger partial charge in [-0.15, -0.1) is 0 Å². The molecule has 94 valence electrons. The Labute approximate surface area is 115 Å². The molecule has 1 unspecified atom stereocenters. The average molecular weight is 339 g/mol. The van der Waals surface area contributed by atoms with Crippen molar-refractivity contribution in [2.24, 2.45) is 0 Å². The highest BCUT2D eigenvalue weighted by Crippen LogP contribution is 2.21. The van der Waals surface area contributed by atoms with E-state index in [1.165, 1.54) is 0 Å². The normalized spacial score (nSPS) is 22.8. The van der Waals surface area contributed by atoms with Crippen molar-refractivity contribution >= 4 is 37.4 Å². The van der Waals surface area contributed by atoms with Crippen LogP contribution >= 0.6 is 27.5 Å². The molecule has 0 aromatic heterocycles. The van der Waals surface area contributed by atoms with Crippen LogP contribution in [-0.4, -0.2) is 26.0 Å². The molecule has 1 fully saturated rings. The number of halogens is 2. The van der Waals surface area contributed by atoms with Gasteiger partial charge in [0.1, 0.15) is 0 Å². The molecule has 1 atom stereocenters. The molecule has 0 amide bonds. The van der Waals surface area contributed by atoms with E-state index in [1.54, 1.807) is 0 Å². The van der Waals surface area contributed by atoms with Gasteiger partial charge in [-0.05, 0) is 24.1 Å². The Morgan fingerprint density at radius 2 is 2.24 bits per heavy atom. The molecule has 1 aromatic rings. The van der Waals surface area contributed by atoms with E-state index >= 15 is 0 Å². The fourth-order valence-corrected chi connectivity index (χ4v) is 4.32. The lowest BCUT2D eigenvalue weighted by atomic mass is 10.2. The first-order valence-electron chi connectivity index (χ1n) is 5.34. The summed E-state index contributed by atoms with van der Waals surface area (Å²) in [7, 11) is -2.82. The first-order chi connectivity index (χ1) is 7.96. The molecule has 6 heteroatoms. The highest BCUT2D eigenvalue weighted by molar-refractivity contribution is 9.10. The van der Waals surface area contributed by atoms with Gasteiger partial charge in [0, 0.05) is 22.1 Å². The van der Waals surface area contributed by atoms with Crippen molar-refractivity contribution in [2.75, 3.05) is 11.5 Å². The maximum atomic E-state index is 11.3. The van der Waals surface area contributed by atoms with E-state index in [0.717, 1.165) is 10.0 Å². The molecule has 1 saturated heterocycles. The minimum Gasteiger partial charge on any atom is -0.309 e. The van der Waals surface area contributed by atoms with Crippen LogP contribution in [0.2, 0.25) is 5.02 Å². The molecule has 0 spiro atoms. The minimum absolute atomic E-state index is 0.0553. The Hall–Kier alpha value is -0.100. The third kappa shape index (κ3) is 3.68.